The van der Waals surface area contributed by atoms with Crippen LogP contribution in [0.4, 0.5) is 0 Å². The summed E-state index contributed by atoms with van der Waals surface area (Å²) in [6.07, 6.45) is 9.18. The first kappa shape index (κ1) is 6.60. The maximum absolute atomic E-state index is 2.29. The SMILES string of the molecule is CCC1=CC=CC1CC. The highest BCUT2D eigenvalue weighted by Crippen LogP contribution is 2.24. The number of hydrogen-bond donors (Lipinski definition) is 0. The van der Waals surface area contributed by atoms with Crippen molar-refractivity contribution in [3.63, 3.8) is 0 Å². The van der Waals surface area contributed by atoms with Crippen LogP contribution in [0, 0.1) is 5.92 Å². The minimum atomic E-state index is 0.759. The lowest BCUT2D eigenvalue weighted by Crippen LogP contribution is -1.93. The van der Waals surface area contributed by atoms with Gasteiger partial charge in [-0.15, -0.1) is 0 Å². The zero-order valence-corrected chi connectivity index (χ0v) is 6.22. The third kappa shape index (κ3) is 1.24. The van der Waals surface area contributed by atoms with Crippen LogP contribution < -0.4 is 0 Å². The Kier molecular flexibility index (Phi) is 2.10. The van der Waals surface area contributed by atoms with Crippen LogP contribution in [0.1, 0.15) is 26.7 Å². The lowest BCUT2D eigenvalue weighted by atomic mass is 9.98. The predicted octanol–water partition coefficient (Wildman–Crippen LogP) is 2.92. The van der Waals surface area contributed by atoms with E-state index in [1.807, 2.05) is 0 Å². The van der Waals surface area contributed by atoms with Crippen molar-refractivity contribution in [2.45, 2.75) is 26.7 Å². The molecule has 0 saturated heterocycles. The van der Waals surface area contributed by atoms with Gasteiger partial charge in [-0.25, -0.2) is 0 Å². The van der Waals surface area contributed by atoms with Gasteiger partial charge in [0, 0.05) is 0 Å². The molecule has 0 aromatic rings. The molecule has 1 aliphatic rings. The van der Waals surface area contributed by atoms with Gasteiger partial charge in [-0.1, -0.05) is 37.6 Å². The van der Waals surface area contributed by atoms with Gasteiger partial charge >= 0.3 is 0 Å². The summed E-state index contributed by atoms with van der Waals surface area (Å²) in [5, 5.41) is 0. The Balaban J connectivity index is 2.55. The molecule has 0 nitrogen and oxygen atoms in total. The summed E-state index contributed by atoms with van der Waals surface area (Å²) >= 11 is 0. The van der Waals surface area contributed by atoms with Gasteiger partial charge in [0.25, 0.3) is 0 Å². The van der Waals surface area contributed by atoms with Gasteiger partial charge in [0.2, 0.25) is 0 Å². The zero-order chi connectivity index (χ0) is 6.69. The lowest BCUT2D eigenvalue weighted by molar-refractivity contribution is 0.711. The van der Waals surface area contributed by atoms with E-state index in [-0.39, 0.29) is 0 Å². The molecule has 0 heteroatoms. The van der Waals surface area contributed by atoms with Crippen LogP contribution in [-0.2, 0) is 0 Å². The molecule has 1 atom stereocenters. The van der Waals surface area contributed by atoms with Crippen LogP contribution in [0.2, 0.25) is 0 Å². The van der Waals surface area contributed by atoms with Crippen LogP contribution in [0.5, 0.6) is 0 Å². The summed E-state index contributed by atoms with van der Waals surface area (Å²) in [6.45, 7) is 4.46. The third-order valence-electron chi connectivity index (χ3n) is 1.98. The van der Waals surface area contributed by atoms with Crippen molar-refractivity contribution in [2.24, 2.45) is 5.92 Å². The van der Waals surface area contributed by atoms with E-state index in [0.29, 0.717) is 0 Å². The first-order valence-electron chi connectivity index (χ1n) is 3.75. The lowest BCUT2D eigenvalue weighted by Gasteiger charge is -2.07. The van der Waals surface area contributed by atoms with Gasteiger partial charge in [-0.05, 0) is 18.8 Å². The smallest absolute Gasteiger partial charge is 0.00198 e. The fraction of sp³-hybridized carbons (Fsp3) is 0.556. The van der Waals surface area contributed by atoms with E-state index < -0.39 is 0 Å². The second kappa shape index (κ2) is 2.86. The highest BCUT2D eigenvalue weighted by molar-refractivity contribution is 5.26. The molecule has 0 saturated carbocycles. The molecule has 0 fully saturated rings. The standard InChI is InChI=1S/C9H14/c1-3-8-6-5-7-9(8)4-2/h5-8H,3-4H2,1-2H3. The van der Waals surface area contributed by atoms with E-state index in [1.54, 1.807) is 5.57 Å². The van der Waals surface area contributed by atoms with Gasteiger partial charge in [0.15, 0.2) is 0 Å². The minimum Gasteiger partial charge on any atom is -0.0773 e. The van der Waals surface area contributed by atoms with Crippen molar-refractivity contribution >= 4 is 0 Å². The Bertz CT molecular complexity index is 140. The van der Waals surface area contributed by atoms with Gasteiger partial charge in [0.05, 0.1) is 0 Å². The molecule has 0 spiro atoms. The molecule has 0 amide bonds. The average molecular weight is 122 g/mol. The number of rotatable bonds is 2. The van der Waals surface area contributed by atoms with Crippen LogP contribution in [0.3, 0.4) is 0 Å². The van der Waals surface area contributed by atoms with Gasteiger partial charge < -0.3 is 0 Å². The molecule has 0 aromatic heterocycles. The van der Waals surface area contributed by atoms with Crippen molar-refractivity contribution in [1.29, 1.82) is 0 Å². The van der Waals surface area contributed by atoms with Crippen LogP contribution in [-0.4, -0.2) is 0 Å². The molecule has 0 aromatic carbocycles. The second-order valence-electron chi connectivity index (χ2n) is 2.49. The first-order chi connectivity index (χ1) is 4.38. The van der Waals surface area contributed by atoms with Crippen molar-refractivity contribution in [2.75, 3.05) is 0 Å². The number of hydrogen-bond acceptors (Lipinski definition) is 0. The first-order valence-corrected chi connectivity index (χ1v) is 3.75. The molecule has 9 heavy (non-hydrogen) atoms. The number of allylic oxidation sites excluding steroid dienone is 4. The summed E-state index contributed by atoms with van der Waals surface area (Å²) in [6, 6.07) is 0. The van der Waals surface area contributed by atoms with Crippen molar-refractivity contribution in [3.8, 4) is 0 Å². The van der Waals surface area contributed by atoms with Crippen LogP contribution >= 0.6 is 0 Å². The second-order valence-corrected chi connectivity index (χ2v) is 2.49. The van der Waals surface area contributed by atoms with E-state index in [1.165, 1.54) is 12.8 Å². The highest BCUT2D eigenvalue weighted by Gasteiger charge is 2.08. The monoisotopic (exact) mass is 122 g/mol. The largest absolute Gasteiger partial charge is 0.0773 e. The van der Waals surface area contributed by atoms with E-state index >= 15 is 0 Å². The molecule has 0 aliphatic heterocycles. The van der Waals surface area contributed by atoms with Crippen LogP contribution in [0.15, 0.2) is 23.8 Å². The summed E-state index contributed by atoms with van der Waals surface area (Å²) in [7, 11) is 0. The third-order valence-corrected chi connectivity index (χ3v) is 1.98. The molecule has 1 unspecified atom stereocenters. The molecule has 1 aliphatic carbocycles. The maximum atomic E-state index is 2.29. The Morgan fingerprint density at radius 2 is 2.22 bits per heavy atom. The molecule has 0 bridgehead atoms. The van der Waals surface area contributed by atoms with Crippen LogP contribution in [0.25, 0.3) is 0 Å². The Labute approximate surface area is 57.3 Å². The van der Waals surface area contributed by atoms with Crippen molar-refractivity contribution in [1.82, 2.24) is 0 Å². The summed E-state index contributed by atoms with van der Waals surface area (Å²) in [4.78, 5) is 0. The Morgan fingerprint density at radius 1 is 1.44 bits per heavy atom. The molecule has 0 N–H and O–H groups in total. The Morgan fingerprint density at radius 3 is 2.67 bits per heavy atom. The maximum Gasteiger partial charge on any atom is -0.00198 e. The van der Waals surface area contributed by atoms with E-state index in [2.05, 4.69) is 32.1 Å². The molecule has 1 rings (SSSR count). The summed E-state index contributed by atoms with van der Waals surface area (Å²) in [5.41, 5.74) is 1.59. The van der Waals surface area contributed by atoms with Crippen molar-refractivity contribution < 1.29 is 0 Å². The topological polar surface area (TPSA) is 0 Å². The molecular weight excluding hydrogens is 108 g/mol. The van der Waals surface area contributed by atoms with E-state index in [0.717, 1.165) is 5.92 Å². The highest BCUT2D eigenvalue weighted by atomic mass is 14.1. The molecular formula is C9H14. The fourth-order valence-electron chi connectivity index (χ4n) is 1.34. The summed E-state index contributed by atoms with van der Waals surface area (Å²) in [5.74, 6) is 0.759. The molecule has 0 radical (unpaired) electrons. The average Bonchev–Trinajstić information content (AvgIpc) is 2.33. The predicted molar refractivity (Wildman–Crippen MR) is 41.3 cm³/mol. The van der Waals surface area contributed by atoms with Gasteiger partial charge in [-0.2, -0.15) is 0 Å². The van der Waals surface area contributed by atoms with E-state index in [9.17, 15) is 0 Å². The zero-order valence-electron chi connectivity index (χ0n) is 6.22. The fourth-order valence-corrected chi connectivity index (χ4v) is 1.34. The Hall–Kier alpha value is -0.520. The van der Waals surface area contributed by atoms with Crippen molar-refractivity contribution in [3.05, 3.63) is 23.8 Å². The molecule has 50 valence electrons. The normalized spacial score (nSPS) is 24.7. The van der Waals surface area contributed by atoms with Gasteiger partial charge in [0.1, 0.15) is 0 Å². The minimum absolute atomic E-state index is 0.759. The molecule has 0 heterocycles. The van der Waals surface area contributed by atoms with Gasteiger partial charge in [-0.3, -0.25) is 0 Å². The van der Waals surface area contributed by atoms with E-state index in [4.69, 9.17) is 0 Å². The quantitative estimate of drug-likeness (QED) is 0.528. The summed E-state index contributed by atoms with van der Waals surface area (Å²) < 4.78 is 0.